The molecule has 1 aromatic rings. The van der Waals surface area contributed by atoms with Crippen LogP contribution >= 0.6 is 22.6 Å². The van der Waals surface area contributed by atoms with E-state index < -0.39 is 4.92 Å². The van der Waals surface area contributed by atoms with Gasteiger partial charge < -0.3 is 10.1 Å². The van der Waals surface area contributed by atoms with Crippen molar-refractivity contribution >= 4 is 28.3 Å². The van der Waals surface area contributed by atoms with Crippen LogP contribution in [-0.4, -0.2) is 24.1 Å². The summed E-state index contributed by atoms with van der Waals surface area (Å²) in [6.45, 7) is 1.75. The Morgan fingerprint density at radius 1 is 1.53 bits per heavy atom. The minimum atomic E-state index is -0.395. The van der Waals surface area contributed by atoms with Gasteiger partial charge in [-0.2, -0.15) is 0 Å². The molecule has 1 N–H and O–H groups in total. The molecule has 0 saturated carbocycles. The molecule has 5 nitrogen and oxygen atoms in total. The van der Waals surface area contributed by atoms with E-state index in [0.29, 0.717) is 5.75 Å². The zero-order valence-corrected chi connectivity index (χ0v) is 11.3. The van der Waals surface area contributed by atoms with Crippen molar-refractivity contribution in [3.63, 3.8) is 0 Å². The molecule has 1 fully saturated rings. The van der Waals surface area contributed by atoms with E-state index in [1.807, 2.05) is 6.07 Å². The zero-order valence-electron chi connectivity index (χ0n) is 9.19. The van der Waals surface area contributed by atoms with Crippen LogP contribution in [0, 0.1) is 13.7 Å². The molecular weight excluding hydrogens is 335 g/mol. The molecule has 1 aliphatic rings. The van der Waals surface area contributed by atoms with Crippen molar-refractivity contribution < 1.29 is 9.66 Å². The Morgan fingerprint density at radius 2 is 2.35 bits per heavy atom. The average molecular weight is 348 g/mol. The topological polar surface area (TPSA) is 64.4 Å². The first-order valence-electron chi connectivity index (χ1n) is 5.48. The third-order valence-electron chi connectivity index (χ3n) is 2.66. The second-order valence-electron chi connectivity index (χ2n) is 3.96. The van der Waals surface area contributed by atoms with E-state index in [-0.39, 0.29) is 11.8 Å². The number of ether oxygens (including phenoxy) is 1. The van der Waals surface area contributed by atoms with Gasteiger partial charge in [-0.1, -0.05) is 0 Å². The van der Waals surface area contributed by atoms with Crippen LogP contribution in [0.15, 0.2) is 18.2 Å². The molecule has 1 heterocycles. The largest absolute Gasteiger partial charge is 0.482 e. The minimum Gasteiger partial charge on any atom is -0.482 e. The molecule has 1 atom stereocenters. The van der Waals surface area contributed by atoms with Crippen molar-refractivity contribution in [2.75, 3.05) is 13.1 Å². The van der Waals surface area contributed by atoms with Crippen molar-refractivity contribution in [2.24, 2.45) is 0 Å². The smallest absolute Gasteiger partial charge is 0.311 e. The normalized spacial score (nSPS) is 19.9. The lowest BCUT2D eigenvalue weighted by Crippen LogP contribution is -2.37. The number of nitrogens with zero attached hydrogens (tertiary/aromatic N) is 1. The van der Waals surface area contributed by atoms with Crippen LogP contribution in [-0.2, 0) is 0 Å². The third kappa shape index (κ3) is 3.29. The summed E-state index contributed by atoms with van der Waals surface area (Å²) in [6, 6.07) is 5.03. The van der Waals surface area contributed by atoms with Crippen LogP contribution in [0.25, 0.3) is 0 Å². The van der Waals surface area contributed by atoms with Gasteiger partial charge in [0.15, 0.2) is 5.75 Å². The number of halogens is 1. The highest BCUT2D eigenvalue weighted by atomic mass is 127. The highest BCUT2D eigenvalue weighted by Crippen LogP contribution is 2.30. The van der Waals surface area contributed by atoms with Crippen molar-refractivity contribution in [2.45, 2.75) is 18.9 Å². The van der Waals surface area contributed by atoms with Gasteiger partial charge in [-0.05, 0) is 54.1 Å². The van der Waals surface area contributed by atoms with Crippen LogP contribution < -0.4 is 10.1 Å². The Bertz CT molecular complexity index is 419. The Labute approximate surface area is 113 Å². The maximum Gasteiger partial charge on any atom is 0.311 e. The molecule has 0 amide bonds. The summed E-state index contributed by atoms with van der Waals surface area (Å²) in [5.74, 6) is 0.365. The van der Waals surface area contributed by atoms with E-state index in [4.69, 9.17) is 4.74 Å². The van der Waals surface area contributed by atoms with Crippen molar-refractivity contribution in [1.29, 1.82) is 0 Å². The second kappa shape index (κ2) is 5.63. The standard InChI is InChI=1S/C11H13IN2O3/c12-8-3-4-11(10(6-8)14(15)16)17-9-2-1-5-13-7-9/h3-4,6,9,13H,1-2,5,7H2/t9-/m0/s1. The molecule has 92 valence electrons. The molecule has 6 heteroatoms. The van der Waals surface area contributed by atoms with E-state index >= 15 is 0 Å². The van der Waals surface area contributed by atoms with Gasteiger partial charge in [0.05, 0.1) is 4.92 Å². The van der Waals surface area contributed by atoms with Gasteiger partial charge in [0.1, 0.15) is 6.10 Å². The third-order valence-corrected chi connectivity index (χ3v) is 3.33. The van der Waals surface area contributed by atoms with E-state index in [1.54, 1.807) is 6.07 Å². The summed E-state index contributed by atoms with van der Waals surface area (Å²) in [7, 11) is 0. The summed E-state index contributed by atoms with van der Waals surface area (Å²) >= 11 is 2.05. The van der Waals surface area contributed by atoms with Crippen LogP contribution in [0.1, 0.15) is 12.8 Å². The summed E-state index contributed by atoms with van der Waals surface area (Å²) in [5, 5.41) is 14.1. The zero-order chi connectivity index (χ0) is 12.3. The lowest BCUT2D eigenvalue weighted by Gasteiger charge is -2.23. The molecule has 17 heavy (non-hydrogen) atoms. The molecule has 0 radical (unpaired) electrons. The highest BCUT2D eigenvalue weighted by molar-refractivity contribution is 14.1. The SMILES string of the molecule is O=[N+]([O-])c1cc(I)ccc1O[C@H]1CCCNC1. The maximum atomic E-state index is 10.9. The van der Waals surface area contributed by atoms with Crippen LogP contribution in [0.3, 0.4) is 0 Å². The Balaban J connectivity index is 2.16. The summed E-state index contributed by atoms with van der Waals surface area (Å²) in [5.41, 5.74) is 0.0440. The van der Waals surface area contributed by atoms with Gasteiger partial charge >= 0.3 is 5.69 Å². The molecule has 1 aliphatic heterocycles. The number of nitro benzene ring substituents is 1. The van der Waals surface area contributed by atoms with Gasteiger partial charge in [-0.3, -0.25) is 10.1 Å². The molecular formula is C11H13IN2O3. The number of hydrogen-bond donors (Lipinski definition) is 1. The average Bonchev–Trinajstić information content (AvgIpc) is 2.32. The molecule has 1 aromatic carbocycles. The van der Waals surface area contributed by atoms with Crippen molar-refractivity contribution in [3.05, 3.63) is 31.9 Å². The van der Waals surface area contributed by atoms with Gasteiger partial charge in [-0.15, -0.1) is 0 Å². The highest BCUT2D eigenvalue weighted by Gasteiger charge is 2.20. The van der Waals surface area contributed by atoms with Gasteiger partial charge in [-0.25, -0.2) is 0 Å². The molecule has 2 rings (SSSR count). The quantitative estimate of drug-likeness (QED) is 0.517. The molecule has 1 saturated heterocycles. The number of nitro groups is 1. The van der Waals surface area contributed by atoms with Crippen LogP contribution in [0.2, 0.25) is 0 Å². The first-order valence-corrected chi connectivity index (χ1v) is 6.56. The molecule has 0 spiro atoms. The second-order valence-corrected chi connectivity index (χ2v) is 5.20. The first kappa shape index (κ1) is 12.6. The molecule has 0 aliphatic carbocycles. The lowest BCUT2D eigenvalue weighted by molar-refractivity contribution is -0.386. The van der Waals surface area contributed by atoms with E-state index in [2.05, 4.69) is 27.9 Å². The first-order chi connectivity index (χ1) is 8.16. The minimum absolute atomic E-state index is 0.0301. The van der Waals surface area contributed by atoms with Crippen molar-refractivity contribution in [1.82, 2.24) is 5.32 Å². The maximum absolute atomic E-state index is 10.9. The van der Waals surface area contributed by atoms with Crippen LogP contribution in [0.4, 0.5) is 5.69 Å². The summed E-state index contributed by atoms with van der Waals surface area (Å²) in [4.78, 5) is 10.5. The Hall–Kier alpha value is -0.890. The van der Waals surface area contributed by atoms with E-state index in [0.717, 1.165) is 29.5 Å². The van der Waals surface area contributed by atoms with Crippen LogP contribution in [0.5, 0.6) is 5.75 Å². The number of nitrogens with one attached hydrogen (secondary N) is 1. The molecule has 0 aromatic heterocycles. The fourth-order valence-electron chi connectivity index (χ4n) is 1.83. The van der Waals surface area contributed by atoms with E-state index in [9.17, 15) is 10.1 Å². The van der Waals surface area contributed by atoms with Gasteiger partial charge in [0.2, 0.25) is 0 Å². The monoisotopic (exact) mass is 348 g/mol. The fraction of sp³-hybridized carbons (Fsp3) is 0.455. The van der Waals surface area contributed by atoms with Gasteiger partial charge in [0.25, 0.3) is 0 Å². The molecule has 0 unspecified atom stereocenters. The Kier molecular flexibility index (Phi) is 4.16. The van der Waals surface area contributed by atoms with Crippen molar-refractivity contribution in [3.8, 4) is 5.75 Å². The number of piperidine rings is 1. The fourth-order valence-corrected chi connectivity index (χ4v) is 2.31. The molecule has 0 bridgehead atoms. The Morgan fingerprint density at radius 3 is 3.00 bits per heavy atom. The summed E-state index contributed by atoms with van der Waals surface area (Å²) < 4.78 is 6.53. The number of benzene rings is 1. The lowest BCUT2D eigenvalue weighted by atomic mass is 10.1. The summed E-state index contributed by atoms with van der Waals surface area (Å²) in [6.07, 6.45) is 2.02. The van der Waals surface area contributed by atoms with Gasteiger partial charge in [0, 0.05) is 16.2 Å². The number of rotatable bonds is 3. The predicted octanol–water partition coefficient (Wildman–Crippen LogP) is 2.33. The number of hydrogen-bond acceptors (Lipinski definition) is 4. The van der Waals surface area contributed by atoms with E-state index in [1.165, 1.54) is 6.07 Å². The predicted molar refractivity (Wildman–Crippen MR) is 72.3 cm³/mol.